The van der Waals surface area contributed by atoms with E-state index in [-0.39, 0.29) is 16.4 Å². The van der Waals surface area contributed by atoms with Gasteiger partial charge in [-0.15, -0.1) is 4.40 Å². The summed E-state index contributed by atoms with van der Waals surface area (Å²) in [5, 5.41) is 14.4. The van der Waals surface area contributed by atoms with Crippen molar-refractivity contribution in [3.05, 3.63) is 142 Å². The van der Waals surface area contributed by atoms with Crippen LogP contribution in [0.15, 0.2) is 125 Å². The van der Waals surface area contributed by atoms with Crippen LogP contribution in [-0.2, 0) is 16.6 Å². The molecule has 0 bridgehead atoms. The van der Waals surface area contributed by atoms with Gasteiger partial charge >= 0.3 is 0 Å². The quantitative estimate of drug-likeness (QED) is 0.158. The second-order valence-corrected chi connectivity index (χ2v) is 9.40. The number of amidine groups is 1. The van der Waals surface area contributed by atoms with Gasteiger partial charge in [-0.3, -0.25) is 10.1 Å². The maximum Gasteiger partial charge on any atom is 0.283 e. The molecular weight excluding hydrogens is 462 g/mol. The number of hydrogen-bond donors (Lipinski definition) is 1. The molecule has 1 atom stereocenters. The molecule has 7 nitrogen and oxygen atoms in total. The lowest BCUT2D eigenvalue weighted by Crippen LogP contribution is -2.31. The highest BCUT2D eigenvalue weighted by Crippen LogP contribution is 2.29. The first-order chi connectivity index (χ1) is 16.9. The average molecular weight is 486 g/mol. The zero-order chi connectivity index (χ0) is 24.7. The lowest BCUT2D eigenvalue weighted by atomic mass is 9.90. The summed E-state index contributed by atoms with van der Waals surface area (Å²) in [4.78, 5) is 10.8. The molecule has 4 rings (SSSR count). The van der Waals surface area contributed by atoms with E-state index in [1.165, 1.54) is 24.3 Å². The molecule has 8 heteroatoms. The predicted molar refractivity (Wildman–Crippen MR) is 136 cm³/mol. The second-order valence-electron chi connectivity index (χ2n) is 7.80. The van der Waals surface area contributed by atoms with E-state index in [9.17, 15) is 18.5 Å². The minimum atomic E-state index is -4.03. The Bertz CT molecular complexity index is 1410. The number of benzene rings is 4. The Hall–Kier alpha value is -4.30. The molecule has 0 aliphatic carbocycles. The summed E-state index contributed by atoms with van der Waals surface area (Å²) in [6, 6.07) is 33.0. The number of nitrogens with zero attached hydrogens (tertiary/aromatic N) is 2. The normalized spacial score (nSPS) is 12.6. The van der Waals surface area contributed by atoms with Gasteiger partial charge in [0.1, 0.15) is 5.84 Å². The van der Waals surface area contributed by atoms with Crippen molar-refractivity contribution in [2.75, 3.05) is 0 Å². The number of non-ortho nitro benzene ring substituents is 1. The van der Waals surface area contributed by atoms with Crippen molar-refractivity contribution in [2.45, 2.75) is 17.4 Å². The maximum atomic E-state index is 13.2. The van der Waals surface area contributed by atoms with Gasteiger partial charge in [0.2, 0.25) is 0 Å². The number of nitro groups is 1. The van der Waals surface area contributed by atoms with Crippen molar-refractivity contribution in [2.24, 2.45) is 4.40 Å². The Kier molecular flexibility index (Phi) is 7.32. The van der Waals surface area contributed by atoms with Gasteiger partial charge in [0.05, 0.1) is 15.7 Å². The fourth-order valence-corrected chi connectivity index (χ4v) is 4.73. The maximum absolute atomic E-state index is 13.2. The Labute approximate surface area is 204 Å². The fraction of sp³-hybridized carbons (Fsp3) is 0.0741. The number of hydrogen-bond acceptors (Lipinski definition) is 4. The lowest BCUT2D eigenvalue weighted by molar-refractivity contribution is -0.384. The first kappa shape index (κ1) is 23.8. The Balaban J connectivity index is 1.84. The van der Waals surface area contributed by atoms with Crippen LogP contribution in [-0.4, -0.2) is 19.2 Å². The summed E-state index contributed by atoms with van der Waals surface area (Å²) < 4.78 is 30.7. The predicted octanol–water partition coefficient (Wildman–Crippen LogP) is 5.30. The lowest BCUT2D eigenvalue weighted by Gasteiger charge is -2.22. The number of sulfonamides is 1. The number of nitro benzene ring substituents is 1. The molecule has 0 amide bonds. The molecule has 1 unspecified atom stereocenters. The van der Waals surface area contributed by atoms with Crippen LogP contribution in [0.3, 0.4) is 0 Å². The summed E-state index contributed by atoms with van der Waals surface area (Å²) in [5.74, 6) is -0.378. The Morgan fingerprint density at radius 3 is 1.86 bits per heavy atom. The van der Waals surface area contributed by atoms with E-state index >= 15 is 0 Å². The van der Waals surface area contributed by atoms with Gasteiger partial charge in [-0.25, -0.2) is 0 Å². The first-order valence-corrected chi connectivity index (χ1v) is 12.3. The highest BCUT2D eigenvalue weighted by Gasteiger charge is 2.25. The second kappa shape index (κ2) is 10.8. The molecule has 0 heterocycles. The van der Waals surface area contributed by atoms with E-state index in [2.05, 4.69) is 9.71 Å². The van der Waals surface area contributed by atoms with Gasteiger partial charge < -0.3 is 5.32 Å². The highest BCUT2D eigenvalue weighted by molar-refractivity contribution is 7.90. The molecule has 0 aliphatic heterocycles. The molecule has 4 aromatic rings. The van der Waals surface area contributed by atoms with Crippen molar-refractivity contribution in [3.63, 3.8) is 0 Å². The van der Waals surface area contributed by atoms with Crippen molar-refractivity contribution < 1.29 is 13.3 Å². The van der Waals surface area contributed by atoms with Crippen LogP contribution >= 0.6 is 0 Å². The highest BCUT2D eigenvalue weighted by atomic mass is 32.2. The topological polar surface area (TPSA) is 102 Å². The van der Waals surface area contributed by atoms with Gasteiger partial charge in [0.15, 0.2) is 0 Å². The van der Waals surface area contributed by atoms with E-state index in [1.54, 1.807) is 30.3 Å². The van der Waals surface area contributed by atoms with Gasteiger partial charge in [0, 0.05) is 18.7 Å². The zero-order valence-corrected chi connectivity index (χ0v) is 19.5. The fourth-order valence-electron chi connectivity index (χ4n) is 3.69. The third-order valence-electron chi connectivity index (χ3n) is 5.42. The molecule has 35 heavy (non-hydrogen) atoms. The van der Waals surface area contributed by atoms with E-state index < -0.39 is 20.9 Å². The van der Waals surface area contributed by atoms with Gasteiger partial charge in [-0.1, -0.05) is 91.0 Å². The summed E-state index contributed by atoms with van der Waals surface area (Å²) in [7, 11) is -4.03. The number of nitrogens with one attached hydrogen (secondary N) is 1. The van der Waals surface area contributed by atoms with Crippen molar-refractivity contribution in [3.8, 4) is 0 Å². The summed E-state index contributed by atoms with van der Waals surface area (Å²) in [6.45, 7) is 0.348. The molecule has 0 saturated heterocycles. The average Bonchev–Trinajstić information content (AvgIpc) is 2.89. The molecule has 4 aromatic carbocycles. The minimum Gasteiger partial charge on any atom is -0.368 e. The molecule has 0 fully saturated rings. The summed E-state index contributed by atoms with van der Waals surface area (Å²) in [6.07, 6.45) is 0. The van der Waals surface area contributed by atoms with E-state index in [4.69, 9.17) is 0 Å². The summed E-state index contributed by atoms with van der Waals surface area (Å²) >= 11 is 0. The third kappa shape index (κ3) is 5.99. The van der Waals surface area contributed by atoms with Crippen LogP contribution in [0.25, 0.3) is 0 Å². The van der Waals surface area contributed by atoms with Crippen molar-refractivity contribution in [1.29, 1.82) is 0 Å². The van der Waals surface area contributed by atoms with Crippen LogP contribution < -0.4 is 5.32 Å². The molecule has 0 spiro atoms. The molecular formula is C27H23N3O4S. The monoisotopic (exact) mass is 485 g/mol. The van der Waals surface area contributed by atoms with Crippen LogP contribution in [0.5, 0.6) is 0 Å². The molecule has 176 valence electrons. The van der Waals surface area contributed by atoms with Gasteiger partial charge in [-0.05, 0) is 28.8 Å². The standard InChI is InChI=1S/C27H23N3O4S/c31-30(32)24-18-16-23(17-19-24)26(22-12-6-2-7-13-22)27(28-20-21-10-4-1-5-11-21)29-35(33,34)25-14-8-3-9-15-25/h1-19,26H,20H2,(H,28,29). The summed E-state index contributed by atoms with van der Waals surface area (Å²) in [5.41, 5.74) is 2.37. The van der Waals surface area contributed by atoms with Crippen molar-refractivity contribution in [1.82, 2.24) is 5.32 Å². The van der Waals surface area contributed by atoms with E-state index in [1.807, 2.05) is 60.7 Å². The SMILES string of the molecule is O=[N+]([O-])c1ccc(C(C(=NS(=O)(=O)c2ccccc2)NCc2ccccc2)c2ccccc2)cc1. The minimum absolute atomic E-state index is 0.0480. The molecule has 0 aromatic heterocycles. The molecule has 0 saturated carbocycles. The van der Waals surface area contributed by atoms with E-state index in [0.717, 1.165) is 11.1 Å². The molecule has 0 radical (unpaired) electrons. The third-order valence-corrected chi connectivity index (χ3v) is 6.72. The van der Waals surface area contributed by atoms with Crippen LogP contribution in [0.2, 0.25) is 0 Å². The van der Waals surface area contributed by atoms with Crippen LogP contribution in [0, 0.1) is 10.1 Å². The van der Waals surface area contributed by atoms with Crippen LogP contribution in [0.1, 0.15) is 22.6 Å². The number of rotatable bonds is 8. The van der Waals surface area contributed by atoms with E-state index in [0.29, 0.717) is 12.1 Å². The molecule has 0 aliphatic rings. The smallest absolute Gasteiger partial charge is 0.283 e. The van der Waals surface area contributed by atoms with Gasteiger partial charge in [0.25, 0.3) is 15.7 Å². The zero-order valence-electron chi connectivity index (χ0n) is 18.7. The largest absolute Gasteiger partial charge is 0.368 e. The Morgan fingerprint density at radius 1 is 0.771 bits per heavy atom. The van der Waals surface area contributed by atoms with Crippen LogP contribution in [0.4, 0.5) is 5.69 Å². The Morgan fingerprint density at radius 2 is 1.29 bits per heavy atom. The first-order valence-electron chi connectivity index (χ1n) is 10.9. The molecule has 1 N–H and O–H groups in total. The van der Waals surface area contributed by atoms with Gasteiger partial charge in [-0.2, -0.15) is 8.42 Å². The van der Waals surface area contributed by atoms with Crippen molar-refractivity contribution >= 4 is 21.5 Å².